The minimum Gasteiger partial charge on any atom is -0.443 e. The van der Waals surface area contributed by atoms with E-state index in [9.17, 15) is 4.79 Å². The molecule has 1 unspecified atom stereocenters. The van der Waals surface area contributed by atoms with E-state index in [2.05, 4.69) is 0 Å². The second kappa shape index (κ2) is 3.74. The van der Waals surface area contributed by atoms with Crippen LogP contribution in [0.15, 0.2) is 18.2 Å². The molecule has 1 aromatic rings. The number of nitrogens with zero attached hydrogens (tertiary/aromatic N) is 1. The maximum atomic E-state index is 11.5. The van der Waals surface area contributed by atoms with Crippen molar-refractivity contribution in [2.45, 2.75) is 25.9 Å². The molecule has 3 nitrogen and oxygen atoms in total. The van der Waals surface area contributed by atoms with Gasteiger partial charge in [-0.15, -0.1) is 0 Å². The van der Waals surface area contributed by atoms with Crippen molar-refractivity contribution in [1.82, 2.24) is 0 Å². The zero-order valence-corrected chi connectivity index (χ0v) is 8.49. The maximum absolute atomic E-state index is 11.5. The third-order valence-corrected chi connectivity index (χ3v) is 2.60. The normalized spacial score (nSPS) is 18.9. The number of hydrogen-bond donors (Lipinski definition) is 0. The van der Waals surface area contributed by atoms with Crippen LogP contribution in [-0.2, 0) is 17.6 Å². The van der Waals surface area contributed by atoms with Crippen molar-refractivity contribution in [3.63, 3.8) is 0 Å². The molecular formula is C12H11NO2. The minimum atomic E-state index is -0.627. The molecule has 0 fully saturated rings. The molecule has 1 aromatic carbocycles. The summed E-state index contributed by atoms with van der Waals surface area (Å²) in [5, 5.41) is 8.71. The monoisotopic (exact) mass is 201 g/mol. The summed E-state index contributed by atoms with van der Waals surface area (Å²) in [6.45, 7) is 2.04. The number of rotatable bonds is 1. The molecule has 15 heavy (non-hydrogen) atoms. The molecule has 0 saturated carbocycles. The Bertz CT molecular complexity index is 445. The number of fused-ring (bicyclic) bond motifs is 1. The standard InChI is InChI=1S/C12H11NO2/c1-2-8-3-4-9-6-10(7-13)15-12(14)11(9)5-8/h3-5,10H,2,6H2,1H3. The number of ether oxygens (including phenoxy) is 1. The summed E-state index contributed by atoms with van der Waals surface area (Å²) >= 11 is 0. The maximum Gasteiger partial charge on any atom is 0.339 e. The first-order chi connectivity index (χ1) is 7.24. The number of aryl methyl sites for hydroxylation is 1. The molecule has 0 N–H and O–H groups in total. The fraction of sp³-hybridized carbons (Fsp3) is 0.333. The second-order valence-electron chi connectivity index (χ2n) is 3.57. The van der Waals surface area contributed by atoms with E-state index in [0.29, 0.717) is 12.0 Å². The van der Waals surface area contributed by atoms with Crippen molar-refractivity contribution in [2.24, 2.45) is 0 Å². The molecule has 0 amide bonds. The molecular weight excluding hydrogens is 190 g/mol. The number of hydrogen-bond acceptors (Lipinski definition) is 3. The largest absolute Gasteiger partial charge is 0.443 e. The Kier molecular flexibility index (Phi) is 2.42. The van der Waals surface area contributed by atoms with Crippen molar-refractivity contribution < 1.29 is 9.53 Å². The number of benzene rings is 1. The highest BCUT2D eigenvalue weighted by Crippen LogP contribution is 2.21. The lowest BCUT2D eigenvalue weighted by Gasteiger charge is -2.20. The van der Waals surface area contributed by atoms with Crippen molar-refractivity contribution in [1.29, 1.82) is 5.26 Å². The molecule has 1 aliphatic rings. The van der Waals surface area contributed by atoms with Gasteiger partial charge in [0, 0.05) is 6.42 Å². The van der Waals surface area contributed by atoms with E-state index in [1.807, 2.05) is 31.2 Å². The first-order valence-electron chi connectivity index (χ1n) is 4.97. The fourth-order valence-corrected chi connectivity index (χ4v) is 1.72. The molecule has 0 radical (unpaired) electrons. The van der Waals surface area contributed by atoms with Gasteiger partial charge in [0.05, 0.1) is 5.56 Å². The third-order valence-electron chi connectivity index (χ3n) is 2.60. The number of cyclic esters (lactones) is 1. The van der Waals surface area contributed by atoms with Crippen molar-refractivity contribution >= 4 is 5.97 Å². The van der Waals surface area contributed by atoms with Crippen LogP contribution in [0, 0.1) is 11.3 Å². The van der Waals surface area contributed by atoms with Gasteiger partial charge in [-0.3, -0.25) is 0 Å². The van der Waals surface area contributed by atoms with Crippen molar-refractivity contribution in [3.8, 4) is 6.07 Å². The van der Waals surface area contributed by atoms with Gasteiger partial charge in [-0.05, 0) is 23.6 Å². The molecule has 0 aromatic heterocycles. The molecule has 0 spiro atoms. The summed E-state index contributed by atoms with van der Waals surface area (Å²) in [4.78, 5) is 11.5. The van der Waals surface area contributed by atoms with Gasteiger partial charge in [0.25, 0.3) is 0 Å². The Morgan fingerprint density at radius 1 is 1.60 bits per heavy atom. The third kappa shape index (κ3) is 1.71. The number of nitriles is 1. The average molecular weight is 201 g/mol. The van der Waals surface area contributed by atoms with Crippen LogP contribution in [-0.4, -0.2) is 12.1 Å². The van der Waals surface area contributed by atoms with Crippen molar-refractivity contribution in [3.05, 3.63) is 34.9 Å². The van der Waals surface area contributed by atoms with Gasteiger partial charge in [-0.1, -0.05) is 19.1 Å². The molecule has 0 aliphatic carbocycles. The van der Waals surface area contributed by atoms with Crippen LogP contribution in [0.3, 0.4) is 0 Å². The minimum absolute atomic E-state index is 0.377. The van der Waals surface area contributed by atoms with E-state index in [1.165, 1.54) is 0 Å². The van der Waals surface area contributed by atoms with Crippen LogP contribution in [0.2, 0.25) is 0 Å². The molecule has 0 saturated heterocycles. The molecule has 76 valence electrons. The van der Waals surface area contributed by atoms with Gasteiger partial charge in [-0.25, -0.2) is 4.79 Å². The van der Waals surface area contributed by atoms with Crippen LogP contribution in [0.25, 0.3) is 0 Å². The van der Waals surface area contributed by atoms with E-state index in [1.54, 1.807) is 0 Å². The summed E-state index contributed by atoms with van der Waals surface area (Å²) in [6.07, 6.45) is 0.765. The Hall–Kier alpha value is -1.82. The molecule has 0 bridgehead atoms. The van der Waals surface area contributed by atoms with Gasteiger partial charge < -0.3 is 4.74 Å². The van der Waals surface area contributed by atoms with Gasteiger partial charge >= 0.3 is 5.97 Å². The Morgan fingerprint density at radius 3 is 3.07 bits per heavy atom. The van der Waals surface area contributed by atoms with E-state index >= 15 is 0 Å². The number of carbonyl (C=O) groups excluding carboxylic acids is 1. The average Bonchev–Trinajstić information content (AvgIpc) is 2.28. The predicted octanol–water partition coefficient (Wildman–Crippen LogP) is 1.85. The Morgan fingerprint density at radius 2 is 2.40 bits per heavy atom. The van der Waals surface area contributed by atoms with Gasteiger partial charge in [0.1, 0.15) is 6.07 Å². The van der Waals surface area contributed by atoms with Crippen LogP contribution < -0.4 is 0 Å². The molecule has 2 rings (SSSR count). The quantitative estimate of drug-likeness (QED) is 0.651. The SMILES string of the molecule is CCc1ccc2c(c1)C(=O)OC(C#N)C2. The fourth-order valence-electron chi connectivity index (χ4n) is 1.72. The summed E-state index contributed by atoms with van der Waals surface area (Å²) in [6, 6.07) is 7.72. The molecule has 1 heterocycles. The lowest BCUT2D eigenvalue weighted by atomic mass is 9.96. The first kappa shape index (κ1) is 9.72. The Balaban J connectivity index is 2.42. The summed E-state index contributed by atoms with van der Waals surface area (Å²) in [5.74, 6) is -0.377. The van der Waals surface area contributed by atoms with E-state index in [0.717, 1.165) is 17.5 Å². The predicted molar refractivity (Wildman–Crippen MR) is 54.3 cm³/mol. The van der Waals surface area contributed by atoms with Crippen LogP contribution in [0.1, 0.15) is 28.4 Å². The smallest absolute Gasteiger partial charge is 0.339 e. The van der Waals surface area contributed by atoms with E-state index < -0.39 is 6.10 Å². The summed E-state index contributed by atoms with van der Waals surface area (Å²) < 4.78 is 4.96. The number of esters is 1. The highest BCUT2D eigenvalue weighted by atomic mass is 16.5. The van der Waals surface area contributed by atoms with Gasteiger partial charge in [0.15, 0.2) is 6.10 Å². The highest BCUT2D eigenvalue weighted by molar-refractivity contribution is 5.92. The molecule has 3 heteroatoms. The zero-order valence-electron chi connectivity index (χ0n) is 8.49. The highest BCUT2D eigenvalue weighted by Gasteiger charge is 2.25. The zero-order chi connectivity index (χ0) is 10.8. The second-order valence-corrected chi connectivity index (χ2v) is 3.57. The Labute approximate surface area is 88.3 Å². The van der Waals surface area contributed by atoms with E-state index in [-0.39, 0.29) is 5.97 Å². The van der Waals surface area contributed by atoms with Gasteiger partial charge in [0.2, 0.25) is 0 Å². The summed E-state index contributed by atoms with van der Waals surface area (Å²) in [7, 11) is 0. The van der Waals surface area contributed by atoms with Crippen molar-refractivity contribution in [2.75, 3.05) is 0 Å². The molecule has 1 aliphatic heterocycles. The summed E-state index contributed by atoms with van der Waals surface area (Å²) in [5.41, 5.74) is 2.64. The first-order valence-corrected chi connectivity index (χ1v) is 4.97. The van der Waals surface area contributed by atoms with Crippen LogP contribution in [0.5, 0.6) is 0 Å². The van der Waals surface area contributed by atoms with Gasteiger partial charge in [-0.2, -0.15) is 5.26 Å². The number of carbonyl (C=O) groups is 1. The lowest BCUT2D eigenvalue weighted by Crippen LogP contribution is -2.26. The van der Waals surface area contributed by atoms with Crippen LogP contribution >= 0.6 is 0 Å². The van der Waals surface area contributed by atoms with E-state index in [4.69, 9.17) is 10.00 Å². The lowest BCUT2D eigenvalue weighted by molar-refractivity contribution is 0.0370. The van der Waals surface area contributed by atoms with Crippen LogP contribution in [0.4, 0.5) is 0 Å². The molecule has 1 atom stereocenters. The topological polar surface area (TPSA) is 50.1 Å².